The smallest absolute Gasteiger partial charge is 0.124 e. The molecule has 1 aromatic carbocycles. The molecule has 1 aliphatic rings. The third-order valence-electron chi connectivity index (χ3n) is 4.28. The summed E-state index contributed by atoms with van der Waals surface area (Å²) in [5, 5.41) is 3.63. The van der Waals surface area contributed by atoms with Gasteiger partial charge in [0.25, 0.3) is 0 Å². The lowest BCUT2D eigenvalue weighted by Gasteiger charge is -2.34. The Labute approximate surface area is 117 Å². The van der Waals surface area contributed by atoms with Crippen LogP contribution in [0.3, 0.4) is 0 Å². The molecule has 1 fully saturated rings. The zero-order valence-corrected chi connectivity index (χ0v) is 12.6. The fourth-order valence-electron chi connectivity index (χ4n) is 2.78. The highest BCUT2D eigenvalue weighted by atomic mass is 79.9. The summed E-state index contributed by atoms with van der Waals surface area (Å²) in [6.45, 7) is 5.48. The summed E-state index contributed by atoms with van der Waals surface area (Å²) < 4.78 is 13.9. The predicted octanol–water partition coefficient (Wildman–Crippen LogP) is 4.50. The van der Waals surface area contributed by atoms with Crippen LogP contribution in [-0.2, 0) is 6.54 Å². The van der Waals surface area contributed by atoms with E-state index in [0.717, 1.165) is 28.4 Å². The lowest BCUT2D eigenvalue weighted by atomic mass is 9.78. The lowest BCUT2D eigenvalue weighted by Crippen LogP contribution is -2.40. The van der Waals surface area contributed by atoms with Gasteiger partial charge >= 0.3 is 0 Å². The molecule has 18 heavy (non-hydrogen) atoms. The van der Waals surface area contributed by atoms with E-state index in [9.17, 15) is 4.39 Å². The fourth-order valence-corrected chi connectivity index (χ4v) is 3.27. The minimum Gasteiger partial charge on any atom is -0.310 e. The van der Waals surface area contributed by atoms with Crippen molar-refractivity contribution in [3.8, 4) is 0 Å². The largest absolute Gasteiger partial charge is 0.310 e. The van der Waals surface area contributed by atoms with Crippen LogP contribution in [0.5, 0.6) is 0 Å². The molecule has 1 nitrogen and oxygen atoms in total. The third kappa shape index (κ3) is 3.33. The number of rotatable bonds is 3. The lowest BCUT2D eigenvalue weighted by molar-refractivity contribution is 0.206. The number of hydrogen-bond acceptors (Lipinski definition) is 1. The van der Waals surface area contributed by atoms with E-state index < -0.39 is 0 Å². The van der Waals surface area contributed by atoms with E-state index in [1.54, 1.807) is 0 Å². The van der Waals surface area contributed by atoms with Gasteiger partial charge in [-0.15, -0.1) is 0 Å². The Hall–Kier alpha value is -0.410. The molecule has 0 bridgehead atoms. The maximum absolute atomic E-state index is 13.0. The van der Waals surface area contributed by atoms with Crippen LogP contribution in [0.4, 0.5) is 4.39 Å². The van der Waals surface area contributed by atoms with Gasteiger partial charge in [0.05, 0.1) is 0 Å². The van der Waals surface area contributed by atoms with Gasteiger partial charge in [-0.25, -0.2) is 4.39 Å². The Kier molecular flexibility index (Phi) is 4.79. The monoisotopic (exact) mass is 313 g/mol. The number of halogens is 2. The average molecular weight is 314 g/mol. The van der Waals surface area contributed by atoms with Crippen molar-refractivity contribution in [1.29, 1.82) is 0 Å². The second kappa shape index (κ2) is 6.16. The van der Waals surface area contributed by atoms with Gasteiger partial charge in [0, 0.05) is 17.1 Å². The van der Waals surface area contributed by atoms with E-state index in [-0.39, 0.29) is 5.82 Å². The van der Waals surface area contributed by atoms with Gasteiger partial charge in [-0.1, -0.05) is 48.7 Å². The van der Waals surface area contributed by atoms with Crippen LogP contribution in [0.1, 0.15) is 38.7 Å². The highest BCUT2D eigenvalue weighted by Crippen LogP contribution is 2.30. The second-order valence-corrected chi connectivity index (χ2v) is 6.34. The molecule has 3 unspecified atom stereocenters. The van der Waals surface area contributed by atoms with Crippen LogP contribution in [0.25, 0.3) is 0 Å². The van der Waals surface area contributed by atoms with Crippen LogP contribution in [-0.4, -0.2) is 6.04 Å². The van der Waals surface area contributed by atoms with Crippen LogP contribution in [0.15, 0.2) is 22.7 Å². The topological polar surface area (TPSA) is 12.0 Å². The third-order valence-corrected chi connectivity index (χ3v) is 5.01. The molecule has 2 rings (SSSR count). The van der Waals surface area contributed by atoms with Gasteiger partial charge in [0.2, 0.25) is 0 Å². The predicted molar refractivity (Wildman–Crippen MR) is 76.9 cm³/mol. The van der Waals surface area contributed by atoms with Crippen LogP contribution in [0.2, 0.25) is 0 Å². The molecule has 0 aliphatic heterocycles. The summed E-state index contributed by atoms with van der Waals surface area (Å²) in [5.41, 5.74) is 1.13. The van der Waals surface area contributed by atoms with Gasteiger partial charge in [0.15, 0.2) is 0 Å². The molecule has 0 spiro atoms. The molecule has 0 radical (unpaired) electrons. The van der Waals surface area contributed by atoms with Crippen molar-refractivity contribution in [1.82, 2.24) is 5.32 Å². The SMILES string of the molecule is CC1CCCC(NCc2ccc(F)cc2Br)C1C. The maximum Gasteiger partial charge on any atom is 0.124 e. The zero-order valence-electron chi connectivity index (χ0n) is 11.0. The van der Waals surface area contributed by atoms with Crippen molar-refractivity contribution in [2.45, 2.75) is 45.7 Å². The van der Waals surface area contributed by atoms with Crippen LogP contribution >= 0.6 is 15.9 Å². The van der Waals surface area contributed by atoms with Gasteiger partial charge in [-0.3, -0.25) is 0 Å². The van der Waals surface area contributed by atoms with Crippen molar-refractivity contribution in [3.05, 3.63) is 34.1 Å². The van der Waals surface area contributed by atoms with Crippen molar-refractivity contribution >= 4 is 15.9 Å². The van der Waals surface area contributed by atoms with Gasteiger partial charge in [-0.2, -0.15) is 0 Å². The Morgan fingerprint density at radius 3 is 2.83 bits per heavy atom. The van der Waals surface area contributed by atoms with Crippen molar-refractivity contribution in [3.63, 3.8) is 0 Å². The molecule has 3 atom stereocenters. The quantitative estimate of drug-likeness (QED) is 0.866. The summed E-state index contributed by atoms with van der Waals surface area (Å²) in [5.74, 6) is 1.33. The molecule has 0 saturated heterocycles. The first kappa shape index (κ1) is 14.0. The molecule has 1 aliphatic carbocycles. The molecular weight excluding hydrogens is 293 g/mol. The fraction of sp³-hybridized carbons (Fsp3) is 0.600. The molecule has 0 aromatic heterocycles. The Morgan fingerprint density at radius 2 is 2.11 bits per heavy atom. The molecule has 0 amide bonds. The summed E-state index contributed by atoms with van der Waals surface area (Å²) in [6, 6.07) is 5.49. The first-order chi connectivity index (χ1) is 8.58. The summed E-state index contributed by atoms with van der Waals surface area (Å²) >= 11 is 3.42. The number of nitrogens with one attached hydrogen (secondary N) is 1. The molecule has 100 valence electrons. The summed E-state index contributed by atoms with van der Waals surface area (Å²) in [4.78, 5) is 0. The van der Waals surface area contributed by atoms with Crippen molar-refractivity contribution in [2.24, 2.45) is 11.8 Å². The van der Waals surface area contributed by atoms with E-state index in [1.165, 1.54) is 31.4 Å². The first-order valence-electron chi connectivity index (χ1n) is 6.75. The van der Waals surface area contributed by atoms with Crippen LogP contribution in [0, 0.1) is 17.7 Å². The van der Waals surface area contributed by atoms with E-state index in [0.29, 0.717) is 6.04 Å². The van der Waals surface area contributed by atoms with Crippen LogP contribution < -0.4 is 5.32 Å². The summed E-state index contributed by atoms with van der Waals surface area (Å²) in [6.07, 6.45) is 3.91. The highest BCUT2D eigenvalue weighted by Gasteiger charge is 2.26. The zero-order chi connectivity index (χ0) is 13.1. The first-order valence-corrected chi connectivity index (χ1v) is 7.54. The second-order valence-electron chi connectivity index (χ2n) is 5.49. The minimum absolute atomic E-state index is 0.190. The Balaban J connectivity index is 1.94. The normalized spacial score (nSPS) is 28.3. The Morgan fingerprint density at radius 1 is 1.33 bits per heavy atom. The molecule has 3 heteroatoms. The standard InChI is InChI=1S/C15H21BrFN/c1-10-4-3-5-15(11(10)2)18-9-12-6-7-13(17)8-14(12)16/h6-8,10-11,15,18H,3-5,9H2,1-2H3. The number of hydrogen-bond donors (Lipinski definition) is 1. The van der Waals surface area contributed by atoms with Crippen molar-refractivity contribution in [2.75, 3.05) is 0 Å². The Bertz CT molecular complexity index is 407. The van der Waals surface area contributed by atoms with Gasteiger partial charge in [-0.05, 0) is 36.0 Å². The average Bonchev–Trinajstić information content (AvgIpc) is 2.33. The molecular formula is C15H21BrFN. The van der Waals surface area contributed by atoms with Gasteiger partial charge < -0.3 is 5.32 Å². The molecule has 1 N–H and O–H groups in total. The maximum atomic E-state index is 13.0. The molecule has 1 aromatic rings. The van der Waals surface area contributed by atoms with Crippen molar-refractivity contribution < 1.29 is 4.39 Å². The van der Waals surface area contributed by atoms with E-state index >= 15 is 0 Å². The van der Waals surface area contributed by atoms with Gasteiger partial charge in [0.1, 0.15) is 5.82 Å². The minimum atomic E-state index is -0.190. The highest BCUT2D eigenvalue weighted by molar-refractivity contribution is 9.10. The van der Waals surface area contributed by atoms with E-state index in [1.807, 2.05) is 6.07 Å². The molecule has 1 saturated carbocycles. The molecule has 0 heterocycles. The van der Waals surface area contributed by atoms with E-state index in [2.05, 4.69) is 35.1 Å². The number of benzene rings is 1. The summed E-state index contributed by atoms with van der Waals surface area (Å²) in [7, 11) is 0. The van der Waals surface area contributed by atoms with E-state index in [4.69, 9.17) is 0 Å².